The maximum atomic E-state index is 6.35. The van der Waals surface area contributed by atoms with Gasteiger partial charge in [0.2, 0.25) is 0 Å². The van der Waals surface area contributed by atoms with Crippen LogP contribution in [-0.4, -0.2) is 15.0 Å². The Bertz CT molecular complexity index is 858. The maximum absolute atomic E-state index is 6.35. The molecule has 0 unspecified atom stereocenters. The Hall–Kier alpha value is -2.00. The fraction of sp³-hybridized carbons (Fsp3) is 0.235. The van der Waals surface area contributed by atoms with Crippen LogP contribution in [0.5, 0.6) is 0 Å². The lowest BCUT2D eigenvalue weighted by atomic mass is 10.1. The minimum absolute atomic E-state index is 0.603. The van der Waals surface area contributed by atoms with Crippen LogP contribution in [0.25, 0.3) is 22.3 Å². The van der Waals surface area contributed by atoms with Gasteiger partial charge in [0.1, 0.15) is 5.15 Å². The molecule has 0 aliphatic heterocycles. The zero-order valence-corrected chi connectivity index (χ0v) is 12.5. The predicted molar refractivity (Wildman–Crippen MR) is 84.5 cm³/mol. The van der Waals surface area contributed by atoms with Crippen LogP contribution in [-0.2, 0) is 12.8 Å². The highest BCUT2D eigenvalue weighted by Gasteiger charge is 2.19. The van der Waals surface area contributed by atoms with Crippen molar-refractivity contribution in [1.82, 2.24) is 15.0 Å². The lowest BCUT2D eigenvalue weighted by molar-refractivity contribution is 0.900. The van der Waals surface area contributed by atoms with E-state index in [0.29, 0.717) is 11.0 Å². The summed E-state index contributed by atoms with van der Waals surface area (Å²) in [5, 5.41) is 1.67. The number of para-hydroxylation sites is 1. The smallest absolute Gasteiger partial charge is 0.161 e. The summed E-state index contributed by atoms with van der Waals surface area (Å²) >= 11 is 6.35. The van der Waals surface area contributed by atoms with E-state index in [2.05, 4.69) is 16.0 Å². The van der Waals surface area contributed by atoms with E-state index in [-0.39, 0.29) is 0 Å². The Morgan fingerprint density at radius 1 is 1.05 bits per heavy atom. The third-order valence-electron chi connectivity index (χ3n) is 3.97. The molecule has 4 rings (SSSR count). The van der Waals surface area contributed by atoms with E-state index in [0.717, 1.165) is 52.7 Å². The molecule has 0 atom stereocenters. The molecule has 0 bridgehead atoms. The molecule has 4 heteroatoms. The zero-order valence-electron chi connectivity index (χ0n) is 11.7. The number of pyridine rings is 1. The van der Waals surface area contributed by atoms with Gasteiger partial charge in [-0.1, -0.05) is 29.8 Å². The molecule has 0 saturated heterocycles. The number of halogens is 1. The van der Waals surface area contributed by atoms with Gasteiger partial charge >= 0.3 is 0 Å². The third-order valence-corrected chi connectivity index (χ3v) is 4.28. The number of benzene rings is 1. The van der Waals surface area contributed by atoms with E-state index >= 15 is 0 Å². The number of hydrogen-bond donors (Lipinski definition) is 0. The van der Waals surface area contributed by atoms with Gasteiger partial charge in [0.05, 0.1) is 5.52 Å². The molecule has 2 aromatic heterocycles. The Balaban J connectivity index is 2.01. The van der Waals surface area contributed by atoms with Crippen LogP contribution in [0.1, 0.15) is 23.4 Å². The summed E-state index contributed by atoms with van der Waals surface area (Å²) in [5.74, 6) is 0.711. The van der Waals surface area contributed by atoms with Crippen molar-refractivity contribution >= 4 is 22.5 Å². The standard InChI is InChI=1S/C17H14ClN3/c1-10-9-13(11-5-2-3-7-14(11)19-10)17-20-15-8-4-6-12(15)16(18)21-17/h2-3,5,7,9H,4,6,8H2,1H3. The summed E-state index contributed by atoms with van der Waals surface area (Å²) in [7, 11) is 0. The topological polar surface area (TPSA) is 38.7 Å². The largest absolute Gasteiger partial charge is 0.253 e. The van der Waals surface area contributed by atoms with E-state index in [9.17, 15) is 0 Å². The minimum atomic E-state index is 0.603. The van der Waals surface area contributed by atoms with Crippen molar-refractivity contribution in [2.75, 3.05) is 0 Å². The van der Waals surface area contributed by atoms with Crippen molar-refractivity contribution in [3.8, 4) is 11.4 Å². The Morgan fingerprint density at radius 2 is 1.90 bits per heavy atom. The SMILES string of the molecule is Cc1cc(-c2nc(Cl)c3c(n2)CCC3)c2ccccc2n1. The van der Waals surface area contributed by atoms with Crippen LogP contribution >= 0.6 is 11.6 Å². The van der Waals surface area contributed by atoms with Crippen molar-refractivity contribution in [1.29, 1.82) is 0 Å². The van der Waals surface area contributed by atoms with E-state index in [1.807, 2.05) is 31.2 Å². The van der Waals surface area contributed by atoms with Crippen molar-refractivity contribution < 1.29 is 0 Å². The molecule has 21 heavy (non-hydrogen) atoms. The highest BCUT2D eigenvalue weighted by atomic mass is 35.5. The van der Waals surface area contributed by atoms with E-state index in [1.165, 1.54) is 0 Å². The molecule has 0 N–H and O–H groups in total. The second-order valence-corrected chi connectivity index (χ2v) is 5.80. The second kappa shape index (κ2) is 4.78. The molecule has 1 aromatic carbocycles. The van der Waals surface area contributed by atoms with Crippen LogP contribution in [0, 0.1) is 6.92 Å². The van der Waals surface area contributed by atoms with Gasteiger partial charge in [-0.3, -0.25) is 4.98 Å². The van der Waals surface area contributed by atoms with Crippen LogP contribution in [0.3, 0.4) is 0 Å². The average molecular weight is 296 g/mol. The first-order chi connectivity index (χ1) is 10.2. The molecule has 0 amide bonds. The minimum Gasteiger partial charge on any atom is -0.253 e. The van der Waals surface area contributed by atoms with Gasteiger partial charge in [-0.15, -0.1) is 0 Å². The van der Waals surface area contributed by atoms with Crippen LogP contribution in [0.2, 0.25) is 5.15 Å². The molecular weight excluding hydrogens is 282 g/mol. The molecule has 104 valence electrons. The lowest BCUT2D eigenvalue weighted by Gasteiger charge is -2.09. The first-order valence-corrected chi connectivity index (χ1v) is 7.52. The number of fused-ring (bicyclic) bond motifs is 2. The molecule has 1 aliphatic rings. The summed E-state index contributed by atoms with van der Waals surface area (Å²) in [5.41, 5.74) is 5.16. The fourth-order valence-corrected chi connectivity index (χ4v) is 3.28. The van der Waals surface area contributed by atoms with Gasteiger partial charge < -0.3 is 0 Å². The van der Waals surface area contributed by atoms with Gasteiger partial charge in [0.25, 0.3) is 0 Å². The number of nitrogens with zero attached hydrogens (tertiary/aromatic N) is 3. The molecule has 2 heterocycles. The first-order valence-electron chi connectivity index (χ1n) is 7.14. The fourth-order valence-electron chi connectivity index (χ4n) is 3.00. The monoisotopic (exact) mass is 295 g/mol. The van der Waals surface area contributed by atoms with Crippen molar-refractivity contribution in [2.45, 2.75) is 26.2 Å². The van der Waals surface area contributed by atoms with Crippen molar-refractivity contribution in [3.05, 3.63) is 52.4 Å². The number of hydrogen-bond acceptors (Lipinski definition) is 3. The summed E-state index contributed by atoms with van der Waals surface area (Å²) in [6, 6.07) is 10.1. The molecule has 0 spiro atoms. The van der Waals surface area contributed by atoms with Gasteiger partial charge in [0, 0.05) is 27.9 Å². The Labute approximate surface area is 128 Å². The van der Waals surface area contributed by atoms with Gasteiger partial charge in [0.15, 0.2) is 5.82 Å². The van der Waals surface area contributed by atoms with Gasteiger partial charge in [-0.05, 0) is 38.3 Å². The number of rotatable bonds is 1. The Morgan fingerprint density at radius 3 is 2.81 bits per heavy atom. The molecule has 3 nitrogen and oxygen atoms in total. The molecule has 0 radical (unpaired) electrons. The number of aromatic nitrogens is 3. The zero-order chi connectivity index (χ0) is 14.4. The quantitative estimate of drug-likeness (QED) is 0.633. The van der Waals surface area contributed by atoms with E-state index in [4.69, 9.17) is 16.6 Å². The third kappa shape index (κ3) is 2.09. The first kappa shape index (κ1) is 12.7. The second-order valence-electron chi connectivity index (χ2n) is 5.45. The maximum Gasteiger partial charge on any atom is 0.161 e. The summed E-state index contributed by atoms with van der Waals surface area (Å²) in [6.07, 6.45) is 3.10. The molecule has 0 saturated carbocycles. The van der Waals surface area contributed by atoms with E-state index < -0.39 is 0 Å². The van der Waals surface area contributed by atoms with E-state index in [1.54, 1.807) is 0 Å². The predicted octanol–water partition coefficient (Wildman–Crippen LogP) is 4.14. The van der Waals surface area contributed by atoms with Crippen molar-refractivity contribution in [3.63, 3.8) is 0 Å². The van der Waals surface area contributed by atoms with Crippen LogP contribution in [0.4, 0.5) is 0 Å². The lowest BCUT2D eigenvalue weighted by Crippen LogP contribution is -1.99. The average Bonchev–Trinajstić information content (AvgIpc) is 2.95. The molecule has 0 fully saturated rings. The normalized spacial score (nSPS) is 13.6. The van der Waals surface area contributed by atoms with Gasteiger partial charge in [-0.2, -0.15) is 0 Å². The van der Waals surface area contributed by atoms with Gasteiger partial charge in [-0.25, -0.2) is 9.97 Å². The molecule has 3 aromatic rings. The number of aryl methyl sites for hydroxylation is 2. The summed E-state index contributed by atoms with van der Waals surface area (Å²) in [4.78, 5) is 13.9. The summed E-state index contributed by atoms with van der Waals surface area (Å²) < 4.78 is 0. The molecular formula is C17H14ClN3. The summed E-state index contributed by atoms with van der Waals surface area (Å²) in [6.45, 7) is 1.99. The highest BCUT2D eigenvalue weighted by Crippen LogP contribution is 2.31. The van der Waals surface area contributed by atoms with Crippen LogP contribution in [0.15, 0.2) is 30.3 Å². The molecule has 1 aliphatic carbocycles. The highest BCUT2D eigenvalue weighted by molar-refractivity contribution is 6.30. The van der Waals surface area contributed by atoms with Crippen LogP contribution < -0.4 is 0 Å². The Kier molecular flexibility index (Phi) is 2.89. The van der Waals surface area contributed by atoms with Crippen molar-refractivity contribution in [2.24, 2.45) is 0 Å².